The number of rotatable bonds is 8. The van der Waals surface area contributed by atoms with E-state index in [1.807, 2.05) is 27.7 Å². The molecule has 0 rings (SSSR count). The molecule has 3 N–H and O–H groups in total. The molecule has 0 aromatic heterocycles. The van der Waals surface area contributed by atoms with Crippen molar-refractivity contribution in [2.24, 2.45) is 10.9 Å². The normalized spacial score (nSPS) is 11.7. The third-order valence-electron chi connectivity index (χ3n) is 2.64. The van der Waals surface area contributed by atoms with Crippen LogP contribution in [0.5, 0.6) is 0 Å². The van der Waals surface area contributed by atoms with Crippen molar-refractivity contribution in [3.63, 3.8) is 0 Å². The fourth-order valence-electron chi connectivity index (χ4n) is 1.69. The molecule has 0 saturated heterocycles. The van der Waals surface area contributed by atoms with Gasteiger partial charge in [0.2, 0.25) is 0 Å². The maximum atomic E-state index is 11.5. The molecular weight excluding hydrogens is 407 g/mol. The Morgan fingerprint density at radius 3 is 2.26 bits per heavy atom. The molecule has 0 aliphatic carbocycles. The summed E-state index contributed by atoms with van der Waals surface area (Å²) in [6.45, 7) is 14.7. The van der Waals surface area contributed by atoms with Gasteiger partial charge in [-0.1, -0.05) is 13.8 Å². The highest BCUT2D eigenvalue weighted by molar-refractivity contribution is 14.0. The average molecular weight is 442 g/mol. The van der Waals surface area contributed by atoms with Crippen LogP contribution < -0.4 is 16.0 Å². The van der Waals surface area contributed by atoms with Gasteiger partial charge in [-0.2, -0.15) is 0 Å². The third-order valence-corrected chi connectivity index (χ3v) is 2.64. The zero-order valence-electron chi connectivity index (χ0n) is 15.5. The predicted molar refractivity (Wildman–Crippen MR) is 108 cm³/mol. The van der Waals surface area contributed by atoms with E-state index >= 15 is 0 Å². The lowest BCUT2D eigenvalue weighted by molar-refractivity contribution is 0.0529. The fourth-order valence-corrected chi connectivity index (χ4v) is 1.69. The van der Waals surface area contributed by atoms with Gasteiger partial charge in [0.15, 0.2) is 5.96 Å². The minimum atomic E-state index is -0.468. The van der Waals surface area contributed by atoms with Gasteiger partial charge >= 0.3 is 6.09 Å². The molecule has 0 heterocycles. The van der Waals surface area contributed by atoms with Gasteiger partial charge in [0, 0.05) is 26.2 Å². The fraction of sp³-hybridized carbons (Fsp3) is 0.875. The quantitative estimate of drug-likeness (QED) is 0.234. The second kappa shape index (κ2) is 13.7. The van der Waals surface area contributed by atoms with Gasteiger partial charge in [0.25, 0.3) is 0 Å². The number of nitrogens with zero attached hydrogens (tertiary/aromatic N) is 1. The van der Waals surface area contributed by atoms with Crippen molar-refractivity contribution in [2.45, 2.75) is 60.0 Å². The summed E-state index contributed by atoms with van der Waals surface area (Å²) >= 11 is 0. The Hall–Kier alpha value is -0.730. The van der Waals surface area contributed by atoms with Crippen LogP contribution in [0.25, 0.3) is 0 Å². The largest absolute Gasteiger partial charge is 0.444 e. The first-order valence-electron chi connectivity index (χ1n) is 8.23. The highest BCUT2D eigenvalue weighted by Gasteiger charge is 2.15. The summed E-state index contributed by atoms with van der Waals surface area (Å²) in [5.74, 6) is 1.50. The molecule has 0 unspecified atom stereocenters. The van der Waals surface area contributed by atoms with Crippen molar-refractivity contribution in [3.8, 4) is 0 Å². The highest BCUT2D eigenvalue weighted by Crippen LogP contribution is 2.06. The molecule has 0 fully saturated rings. The predicted octanol–water partition coefficient (Wildman–Crippen LogP) is 3.12. The van der Waals surface area contributed by atoms with Crippen molar-refractivity contribution in [1.29, 1.82) is 0 Å². The molecule has 1 amide bonds. The monoisotopic (exact) mass is 442 g/mol. The van der Waals surface area contributed by atoms with Crippen LogP contribution in [-0.2, 0) is 4.74 Å². The van der Waals surface area contributed by atoms with Gasteiger partial charge in [-0.3, -0.25) is 4.99 Å². The van der Waals surface area contributed by atoms with Gasteiger partial charge in [-0.25, -0.2) is 4.79 Å². The summed E-state index contributed by atoms with van der Waals surface area (Å²) in [5, 5.41) is 9.10. The van der Waals surface area contributed by atoms with Crippen LogP contribution in [0.1, 0.15) is 54.4 Å². The summed E-state index contributed by atoms with van der Waals surface area (Å²) in [5.41, 5.74) is -0.468. The van der Waals surface area contributed by atoms with E-state index in [9.17, 15) is 4.79 Å². The second-order valence-electron chi connectivity index (χ2n) is 6.65. The summed E-state index contributed by atoms with van der Waals surface area (Å²) in [7, 11) is 0. The van der Waals surface area contributed by atoms with E-state index in [-0.39, 0.29) is 24.0 Å². The first-order valence-corrected chi connectivity index (χ1v) is 8.23. The van der Waals surface area contributed by atoms with Gasteiger partial charge in [-0.15, -0.1) is 24.0 Å². The zero-order chi connectivity index (χ0) is 17.0. The standard InChI is InChI=1S/C16H34N4O2.HI/c1-7-17-14(18-10-8-9-13(2)3)19-11-12-20-15(21)22-16(4,5)6;/h13H,7-12H2,1-6H3,(H,20,21)(H2,17,18,19);1H. The van der Waals surface area contributed by atoms with E-state index < -0.39 is 11.7 Å². The highest BCUT2D eigenvalue weighted by atomic mass is 127. The van der Waals surface area contributed by atoms with Crippen molar-refractivity contribution < 1.29 is 9.53 Å². The van der Waals surface area contributed by atoms with Crippen molar-refractivity contribution in [1.82, 2.24) is 16.0 Å². The third kappa shape index (κ3) is 17.5. The summed E-state index contributed by atoms with van der Waals surface area (Å²) < 4.78 is 5.17. The smallest absolute Gasteiger partial charge is 0.407 e. The minimum absolute atomic E-state index is 0. The maximum absolute atomic E-state index is 11.5. The van der Waals surface area contributed by atoms with Crippen molar-refractivity contribution >= 4 is 36.0 Å². The number of guanidine groups is 1. The topological polar surface area (TPSA) is 74.8 Å². The molecule has 0 atom stereocenters. The number of amides is 1. The van der Waals surface area contributed by atoms with E-state index in [0.717, 1.165) is 25.5 Å². The number of ether oxygens (including phenoxy) is 1. The number of carbonyl (C=O) groups excluding carboxylic acids is 1. The number of hydrogen-bond acceptors (Lipinski definition) is 3. The van der Waals surface area contributed by atoms with Gasteiger partial charge in [0.1, 0.15) is 5.60 Å². The molecule has 6 nitrogen and oxygen atoms in total. The molecule has 0 aliphatic heterocycles. The van der Waals surface area contributed by atoms with Crippen molar-refractivity contribution in [2.75, 3.05) is 26.2 Å². The molecular formula is C16H35IN4O2. The lowest BCUT2D eigenvalue weighted by Gasteiger charge is -2.19. The Bertz CT molecular complexity index is 341. The van der Waals surface area contributed by atoms with E-state index in [0.29, 0.717) is 19.0 Å². The molecule has 0 aromatic carbocycles. The number of alkyl carbamates (subject to hydrolysis) is 1. The molecule has 0 saturated carbocycles. The molecule has 0 aromatic rings. The Kier molecular flexibility index (Phi) is 14.6. The maximum Gasteiger partial charge on any atom is 0.407 e. The Balaban J connectivity index is 0. The SMILES string of the molecule is CCNC(=NCCCC(C)C)NCCNC(=O)OC(C)(C)C.I. The number of halogens is 1. The zero-order valence-corrected chi connectivity index (χ0v) is 17.8. The van der Waals surface area contributed by atoms with Crippen LogP contribution in [0.4, 0.5) is 4.79 Å². The van der Waals surface area contributed by atoms with E-state index in [2.05, 4.69) is 34.8 Å². The second-order valence-corrected chi connectivity index (χ2v) is 6.65. The van der Waals surface area contributed by atoms with Crippen LogP contribution in [0, 0.1) is 5.92 Å². The van der Waals surface area contributed by atoms with Crippen LogP contribution in [0.3, 0.4) is 0 Å². The Labute approximate surface area is 158 Å². The lowest BCUT2D eigenvalue weighted by Crippen LogP contribution is -2.42. The van der Waals surface area contributed by atoms with Gasteiger partial charge in [-0.05, 0) is 46.5 Å². The lowest BCUT2D eigenvalue weighted by atomic mass is 10.1. The van der Waals surface area contributed by atoms with Crippen LogP contribution >= 0.6 is 24.0 Å². The first-order chi connectivity index (χ1) is 10.2. The van der Waals surface area contributed by atoms with Gasteiger partial charge in [0.05, 0.1) is 0 Å². The number of carbonyl (C=O) groups is 1. The summed E-state index contributed by atoms with van der Waals surface area (Å²) in [6, 6.07) is 0. The van der Waals surface area contributed by atoms with E-state index in [1.165, 1.54) is 6.42 Å². The van der Waals surface area contributed by atoms with E-state index in [1.54, 1.807) is 0 Å². The van der Waals surface area contributed by atoms with Crippen LogP contribution in [0.15, 0.2) is 4.99 Å². The van der Waals surface area contributed by atoms with Gasteiger partial charge < -0.3 is 20.7 Å². The van der Waals surface area contributed by atoms with Crippen LogP contribution in [-0.4, -0.2) is 43.8 Å². The summed E-state index contributed by atoms with van der Waals surface area (Å²) in [6.07, 6.45) is 1.88. The van der Waals surface area contributed by atoms with Crippen LogP contribution in [0.2, 0.25) is 0 Å². The molecule has 7 heteroatoms. The minimum Gasteiger partial charge on any atom is -0.444 e. The first kappa shape index (κ1) is 24.5. The summed E-state index contributed by atoms with van der Waals surface area (Å²) in [4.78, 5) is 16.0. The molecule has 0 aliphatic rings. The molecule has 0 bridgehead atoms. The molecule has 138 valence electrons. The molecule has 23 heavy (non-hydrogen) atoms. The number of nitrogens with one attached hydrogen (secondary N) is 3. The Morgan fingerprint density at radius 1 is 1.13 bits per heavy atom. The molecule has 0 radical (unpaired) electrons. The molecule has 0 spiro atoms. The Morgan fingerprint density at radius 2 is 1.74 bits per heavy atom. The number of aliphatic imine (C=N–C) groups is 1. The average Bonchev–Trinajstić information content (AvgIpc) is 2.37. The van der Waals surface area contributed by atoms with E-state index in [4.69, 9.17) is 4.74 Å². The number of hydrogen-bond donors (Lipinski definition) is 3. The van der Waals surface area contributed by atoms with Crippen molar-refractivity contribution in [3.05, 3.63) is 0 Å².